The van der Waals surface area contributed by atoms with Crippen LogP contribution in [0.3, 0.4) is 0 Å². The Morgan fingerprint density at radius 2 is 1.43 bits per heavy atom. The zero-order valence-corrected chi connectivity index (χ0v) is 16.9. The number of carbonyl (C=O) groups excluding carboxylic acids is 1. The number of aryl methyl sites for hydroxylation is 1. The number of rotatable bonds is 8. The molecule has 0 N–H and O–H groups in total. The van der Waals surface area contributed by atoms with Gasteiger partial charge in [-0.1, -0.05) is 24.3 Å². The van der Waals surface area contributed by atoms with E-state index in [2.05, 4.69) is 17.0 Å². The van der Waals surface area contributed by atoms with Crippen molar-refractivity contribution in [1.82, 2.24) is 9.80 Å². The van der Waals surface area contributed by atoms with E-state index in [1.54, 1.807) is 14.2 Å². The number of ether oxygens (including phenoxy) is 2. The van der Waals surface area contributed by atoms with Crippen LogP contribution in [0.5, 0.6) is 11.5 Å². The van der Waals surface area contributed by atoms with Crippen molar-refractivity contribution < 1.29 is 14.3 Å². The molecular formula is C23H30N2O3. The molecule has 0 aliphatic carbocycles. The van der Waals surface area contributed by atoms with Crippen LogP contribution < -0.4 is 9.47 Å². The fraction of sp³-hybridized carbons (Fsp3) is 0.435. The van der Waals surface area contributed by atoms with Crippen LogP contribution in [-0.2, 0) is 17.6 Å². The van der Waals surface area contributed by atoms with E-state index in [4.69, 9.17) is 9.47 Å². The third-order valence-electron chi connectivity index (χ3n) is 5.34. The summed E-state index contributed by atoms with van der Waals surface area (Å²) in [4.78, 5) is 17.0. The van der Waals surface area contributed by atoms with Crippen LogP contribution >= 0.6 is 0 Å². The molecule has 1 amide bonds. The van der Waals surface area contributed by atoms with E-state index in [1.807, 2.05) is 41.3 Å². The van der Waals surface area contributed by atoms with Crippen LogP contribution in [0.4, 0.5) is 0 Å². The molecule has 1 aliphatic heterocycles. The van der Waals surface area contributed by atoms with Crippen molar-refractivity contribution >= 4 is 5.91 Å². The van der Waals surface area contributed by atoms with Crippen molar-refractivity contribution in [2.24, 2.45) is 0 Å². The lowest BCUT2D eigenvalue weighted by molar-refractivity contribution is -0.132. The van der Waals surface area contributed by atoms with Gasteiger partial charge < -0.3 is 14.4 Å². The van der Waals surface area contributed by atoms with Crippen molar-refractivity contribution in [3.05, 3.63) is 59.7 Å². The molecule has 28 heavy (non-hydrogen) atoms. The van der Waals surface area contributed by atoms with Gasteiger partial charge in [0.15, 0.2) is 0 Å². The van der Waals surface area contributed by atoms with Crippen molar-refractivity contribution in [2.45, 2.75) is 19.3 Å². The third-order valence-corrected chi connectivity index (χ3v) is 5.34. The van der Waals surface area contributed by atoms with E-state index in [0.717, 1.165) is 62.6 Å². The molecule has 3 rings (SSSR count). The predicted octanol–water partition coefficient (Wildman–Crippen LogP) is 3.02. The highest BCUT2D eigenvalue weighted by atomic mass is 16.5. The van der Waals surface area contributed by atoms with Gasteiger partial charge in [-0.25, -0.2) is 0 Å². The van der Waals surface area contributed by atoms with Gasteiger partial charge in [0.05, 0.1) is 14.2 Å². The van der Waals surface area contributed by atoms with E-state index in [9.17, 15) is 4.79 Å². The fourth-order valence-electron chi connectivity index (χ4n) is 3.57. The molecule has 1 fully saturated rings. The Hall–Kier alpha value is -2.53. The summed E-state index contributed by atoms with van der Waals surface area (Å²) in [6.07, 6.45) is 2.31. The molecule has 0 aromatic heterocycles. The number of nitrogens with zero attached hydrogens (tertiary/aromatic N) is 2. The standard InChI is InChI=1S/C23H30N2O3/c1-27-21-7-3-5-19(17-21)9-10-23(26)25-15-13-24(14-16-25)12-11-20-6-4-8-22(18-20)28-2/h3-8,17-18H,9-16H2,1-2H3. The summed E-state index contributed by atoms with van der Waals surface area (Å²) in [5, 5.41) is 0. The number of benzene rings is 2. The topological polar surface area (TPSA) is 42.0 Å². The number of carbonyl (C=O) groups is 1. The highest BCUT2D eigenvalue weighted by Crippen LogP contribution is 2.16. The molecule has 2 aromatic rings. The van der Waals surface area contributed by atoms with E-state index < -0.39 is 0 Å². The molecule has 0 radical (unpaired) electrons. The second-order valence-corrected chi connectivity index (χ2v) is 7.18. The molecule has 1 saturated heterocycles. The Morgan fingerprint density at radius 3 is 2.00 bits per heavy atom. The molecule has 2 aromatic carbocycles. The molecule has 150 valence electrons. The largest absolute Gasteiger partial charge is 0.497 e. The molecule has 5 heteroatoms. The first-order chi connectivity index (χ1) is 13.7. The van der Waals surface area contributed by atoms with E-state index in [0.29, 0.717) is 6.42 Å². The van der Waals surface area contributed by atoms with Gasteiger partial charge in [0.2, 0.25) is 5.91 Å². The van der Waals surface area contributed by atoms with Gasteiger partial charge in [0.25, 0.3) is 0 Å². The summed E-state index contributed by atoms with van der Waals surface area (Å²) in [5.41, 5.74) is 2.43. The molecule has 1 aliphatic rings. The summed E-state index contributed by atoms with van der Waals surface area (Å²) in [6, 6.07) is 16.2. The summed E-state index contributed by atoms with van der Waals surface area (Å²) < 4.78 is 10.5. The van der Waals surface area contributed by atoms with Crippen molar-refractivity contribution in [3.8, 4) is 11.5 Å². The zero-order chi connectivity index (χ0) is 19.8. The molecule has 0 unspecified atom stereocenters. The smallest absolute Gasteiger partial charge is 0.222 e. The van der Waals surface area contributed by atoms with Gasteiger partial charge in [-0.05, 0) is 48.2 Å². The summed E-state index contributed by atoms with van der Waals surface area (Å²) in [6.45, 7) is 4.52. The predicted molar refractivity (Wildman–Crippen MR) is 111 cm³/mol. The first-order valence-electron chi connectivity index (χ1n) is 9.94. The van der Waals surface area contributed by atoms with Gasteiger partial charge in [-0.3, -0.25) is 9.69 Å². The summed E-state index contributed by atoms with van der Waals surface area (Å²) in [5.74, 6) is 1.99. The van der Waals surface area contributed by atoms with Gasteiger partial charge in [-0.15, -0.1) is 0 Å². The van der Waals surface area contributed by atoms with Gasteiger partial charge in [0, 0.05) is 39.1 Å². The number of hydrogen-bond acceptors (Lipinski definition) is 4. The van der Waals surface area contributed by atoms with Gasteiger partial charge in [0.1, 0.15) is 11.5 Å². The molecule has 5 nitrogen and oxygen atoms in total. The normalized spacial score (nSPS) is 14.7. The average molecular weight is 383 g/mol. The quantitative estimate of drug-likeness (QED) is 0.704. The molecule has 0 spiro atoms. The van der Waals surface area contributed by atoms with Crippen LogP contribution in [0.15, 0.2) is 48.5 Å². The lowest BCUT2D eigenvalue weighted by Gasteiger charge is -2.34. The van der Waals surface area contributed by atoms with Gasteiger partial charge in [-0.2, -0.15) is 0 Å². The number of methoxy groups -OCH3 is 2. The minimum atomic E-state index is 0.246. The molecule has 0 bridgehead atoms. The Kier molecular flexibility index (Phi) is 7.31. The Balaban J connectivity index is 1.39. The maximum absolute atomic E-state index is 12.5. The van der Waals surface area contributed by atoms with E-state index in [1.165, 1.54) is 5.56 Å². The van der Waals surface area contributed by atoms with E-state index >= 15 is 0 Å². The van der Waals surface area contributed by atoms with Crippen LogP contribution in [0.1, 0.15) is 17.5 Å². The van der Waals surface area contributed by atoms with E-state index in [-0.39, 0.29) is 5.91 Å². The first kappa shape index (κ1) is 20.2. The number of piperazine rings is 1. The highest BCUT2D eigenvalue weighted by molar-refractivity contribution is 5.76. The first-order valence-corrected chi connectivity index (χ1v) is 9.94. The number of amides is 1. The Morgan fingerprint density at radius 1 is 0.857 bits per heavy atom. The second kappa shape index (κ2) is 10.1. The van der Waals surface area contributed by atoms with Crippen LogP contribution in [-0.4, -0.2) is 62.7 Å². The Bertz CT molecular complexity index is 770. The lowest BCUT2D eigenvalue weighted by atomic mass is 10.1. The molecule has 1 heterocycles. The molecule has 0 atom stereocenters. The van der Waals surface area contributed by atoms with Crippen LogP contribution in [0, 0.1) is 0 Å². The highest BCUT2D eigenvalue weighted by Gasteiger charge is 2.20. The molecule has 0 saturated carbocycles. The lowest BCUT2D eigenvalue weighted by Crippen LogP contribution is -2.49. The maximum Gasteiger partial charge on any atom is 0.222 e. The average Bonchev–Trinajstić information content (AvgIpc) is 2.76. The summed E-state index contributed by atoms with van der Waals surface area (Å²) >= 11 is 0. The number of hydrogen-bond donors (Lipinski definition) is 0. The van der Waals surface area contributed by atoms with Crippen molar-refractivity contribution in [1.29, 1.82) is 0 Å². The summed E-state index contributed by atoms with van der Waals surface area (Å²) in [7, 11) is 3.36. The van der Waals surface area contributed by atoms with Crippen LogP contribution in [0.25, 0.3) is 0 Å². The monoisotopic (exact) mass is 382 g/mol. The Labute approximate surface area is 167 Å². The zero-order valence-electron chi connectivity index (χ0n) is 16.9. The SMILES string of the molecule is COc1cccc(CCC(=O)N2CCN(CCc3cccc(OC)c3)CC2)c1. The minimum Gasteiger partial charge on any atom is -0.497 e. The van der Waals surface area contributed by atoms with Gasteiger partial charge >= 0.3 is 0 Å². The van der Waals surface area contributed by atoms with Crippen molar-refractivity contribution in [2.75, 3.05) is 46.9 Å². The molecular weight excluding hydrogens is 352 g/mol. The minimum absolute atomic E-state index is 0.246. The second-order valence-electron chi connectivity index (χ2n) is 7.18. The third kappa shape index (κ3) is 5.73. The van der Waals surface area contributed by atoms with Crippen molar-refractivity contribution in [3.63, 3.8) is 0 Å². The maximum atomic E-state index is 12.5. The fourth-order valence-corrected chi connectivity index (χ4v) is 3.57. The van der Waals surface area contributed by atoms with Crippen LogP contribution in [0.2, 0.25) is 0 Å².